The monoisotopic (exact) mass is 518 g/mol. The Balaban J connectivity index is 1.23. The highest BCUT2D eigenvalue weighted by Gasteiger charge is 2.39. The van der Waals surface area contributed by atoms with E-state index >= 15 is 0 Å². The Bertz CT molecular complexity index is 970. The molecule has 0 saturated carbocycles. The SMILES string of the molecule is CCN1CCC(C2CCN(C(=O)C3CCN(C)CC3)CC2)C(NC(=O)c2c(N)nn3c2NCC(F)C3)C1. The average Bonchev–Trinajstić information content (AvgIpc) is 3.23. The average molecular weight is 519 g/mol. The maximum atomic E-state index is 13.8. The highest BCUT2D eigenvalue weighted by Crippen LogP contribution is 2.34. The van der Waals surface area contributed by atoms with Gasteiger partial charge in [-0.1, -0.05) is 6.92 Å². The number of nitrogens with two attached hydrogens (primary N) is 1. The van der Waals surface area contributed by atoms with Crippen LogP contribution < -0.4 is 16.4 Å². The van der Waals surface area contributed by atoms with E-state index in [1.165, 1.54) is 4.68 Å². The van der Waals surface area contributed by atoms with Crippen molar-refractivity contribution in [1.29, 1.82) is 0 Å². The summed E-state index contributed by atoms with van der Waals surface area (Å²) >= 11 is 0. The van der Waals surface area contributed by atoms with Crippen LogP contribution >= 0.6 is 0 Å². The number of nitrogens with zero attached hydrogens (tertiary/aromatic N) is 5. The van der Waals surface area contributed by atoms with Gasteiger partial charge in [0.05, 0.1) is 6.54 Å². The Hall–Kier alpha value is -2.40. The minimum Gasteiger partial charge on any atom is -0.381 e. The smallest absolute Gasteiger partial charge is 0.259 e. The van der Waals surface area contributed by atoms with Crippen LogP contribution in [0, 0.1) is 17.8 Å². The zero-order valence-corrected chi connectivity index (χ0v) is 22.3. The summed E-state index contributed by atoms with van der Waals surface area (Å²) in [6, 6.07) is -0.00482. The molecule has 10 nitrogen and oxygen atoms in total. The molecule has 3 atom stereocenters. The highest BCUT2D eigenvalue weighted by molar-refractivity contribution is 6.03. The summed E-state index contributed by atoms with van der Waals surface area (Å²) < 4.78 is 15.3. The van der Waals surface area contributed by atoms with E-state index in [-0.39, 0.29) is 36.8 Å². The lowest BCUT2D eigenvalue weighted by Gasteiger charge is -2.45. The Kier molecular flexibility index (Phi) is 7.90. The van der Waals surface area contributed by atoms with Crippen LogP contribution in [0.4, 0.5) is 16.0 Å². The molecule has 11 heteroatoms. The zero-order chi connectivity index (χ0) is 26.1. The van der Waals surface area contributed by atoms with Crippen molar-refractivity contribution < 1.29 is 14.0 Å². The number of hydrogen-bond donors (Lipinski definition) is 3. The number of likely N-dealkylation sites (tertiary alicyclic amines) is 3. The number of rotatable bonds is 5. The molecule has 4 aliphatic rings. The van der Waals surface area contributed by atoms with Crippen LogP contribution in [0.5, 0.6) is 0 Å². The van der Waals surface area contributed by atoms with Gasteiger partial charge in [-0.2, -0.15) is 5.10 Å². The van der Waals surface area contributed by atoms with E-state index in [0.29, 0.717) is 29.1 Å². The third kappa shape index (κ3) is 5.57. The Labute approximate surface area is 219 Å². The molecule has 37 heavy (non-hydrogen) atoms. The summed E-state index contributed by atoms with van der Waals surface area (Å²) in [4.78, 5) is 33.4. The summed E-state index contributed by atoms with van der Waals surface area (Å²) in [5, 5.41) is 10.5. The first-order chi connectivity index (χ1) is 17.8. The molecule has 0 radical (unpaired) electrons. The van der Waals surface area contributed by atoms with E-state index in [9.17, 15) is 14.0 Å². The van der Waals surface area contributed by atoms with Crippen molar-refractivity contribution >= 4 is 23.5 Å². The third-order valence-electron chi connectivity index (χ3n) is 9.11. The van der Waals surface area contributed by atoms with Gasteiger partial charge in [0.2, 0.25) is 5.91 Å². The molecule has 3 fully saturated rings. The van der Waals surface area contributed by atoms with Crippen LogP contribution in [0.1, 0.15) is 49.4 Å². The fourth-order valence-corrected chi connectivity index (χ4v) is 6.82. The van der Waals surface area contributed by atoms with Gasteiger partial charge in [0.25, 0.3) is 5.91 Å². The van der Waals surface area contributed by atoms with E-state index in [0.717, 1.165) is 77.9 Å². The molecule has 1 aromatic rings. The normalized spacial score (nSPS) is 28.5. The van der Waals surface area contributed by atoms with Crippen molar-refractivity contribution in [1.82, 2.24) is 29.8 Å². The number of alkyl halides is 1. The number of carbonyl (C=O) groups excluding carboxylic acids is 2. The maximum Gasteiger partial charge on any atom is 0.259 e. The lowest BCUT2D eigenvalue weighted by Crippen LogP contribution is -2.56. The van der Waals surface area contributed by atoms with Crippen LogP contribution in [-0.4, -0.2) is 108 Å². The molecule has 5 heterocycles. The van der Waals surface area contributed by atoms with Gasteiger partial charge in [-0.25, -0.2) is 9.07 Å². The number of fused-ring (bicyclic) bond motifs is 1. The molecule has 4 N–H and O–H groups in total. The third-order valence-corrected chi connectivity index (χ3v) is 9.11. The van der Waals surface area contributed by atoms with Gasteiger partial charge in [-0.15, -0.1) is 0 Å². The molecule has 0 spiro atoms. The molecule has 3 unspecified atom stereocenters. The fraction of sp³-hybridized carbons (Fsp3) is 0.808. The van der Waals surface area contributed by atoms with Gasteiger partial charge in [0, 0.05) is 38.1 Å². The first-order valence-electron chi connectivity index (χ1n) is 14.1. The van der Waals surface area contributed by atoms with Gasteiger partial charge in [0.1, 0.15) is 17.6 Å². The van der Waals surface area contributed by atoms with E-state index in [1.54, 1.807) is 0 Å². The number of hydrogen-bond acceptors (Lipinski definition) is 7. The quantitative estimate of drug-likeness (QED) is 0.538. The first-order valence-corrected chi connectivity index (χ1v) is 14.1. The topological polar surface area (TPSA) is 112 Å². The predicted octanol–water partition coefficient (Wildman–Crippen LogP) is 1.25. The van der Waals surface area contributed by atoms with Crippen molar-refractivity contribution in [2.45, 2.75) is 57.8 Å². The van der Waals surface area contributed by atoms with Gasteiger partial charge >= 0.3 is 0 Å². The van der Waals surface area contributed by atoms with Crippen molar-refractivity contribution in [2.24, 2.45) is 17.8 Å². The molecule has 5 rings (SSSR count). The number of aromatic nitrogens is 2. The van der Waals surface area contributed by atoms with Gasteiger partial charge in [0.15, 0.2) is 5.82 Å². The van der Waals surface area contributed by atoms with Gasteiger partial charge < -0.3 is 31.1 Å². The number of halogens is 1. The predicted molar refractivity (Wildman–Crippen MR) is 141 cm³/mol. The summed E-state index contributed by atoms with van der Waals surface area (Å²) in [7, 11) is 2.12. The zero-order valence-electron chi connectivity index (χ0n) is 22.3. The van der Waals surface area contributed by atoms with Gasteiger partial charge in [-0.05, 0) is 77.2 Å². The molecule has 4 aliphatic heterocycles. The van der Waals surface area contributed by atoms with Crippen molar-refractivity contribution in [3.63, 3.8) is 0 Å². The molecule has 3 saturated heterocycles. The standard InChI is InChI=1S/C26H43FN8O2/c1-3-33-11-8-20(17-6-12-34(13-7-17)26(37)18-4-9-32(2)10-5-18)21(16-33)30-25(36)22-23(28)31-35-15-19(27)14-29-24(22)35/h17-21,29H,3-16H2,1-2H3,(H2,28,31)(H,30,36). The summed E-state index contributed by atoms with van der Waals surface area (Å²) in [5.41, 5.74) is 6.43. The molecule has 2 amide bonds. The minimum absolute atomic E-state index is 0.00482. The first kappa shape index (κ1) is 26.2. The van der Waals surface area contributed by atoms with Gasteiger partial charge in [-0.3, -0.25) is 9.59 Å². The Morgan fingerprint density at radius 2 is 1.81 bits per heavy atom. The molecular weight excluding hydrogens is 475 g/mol. The largest absolute Gasteiger partial charge is 0.381 e. The van der Waals surface area contributed by atoms with E-state index < -0.39 is 6.17 Å². The van der Waals surface area contributed by atoms with Crippen molar-refractivity contribution in [3.05, 3.63) is 5.56 Å². The number of amides is 2. The Morgan fingerprint density at radius 3 is 2.51 bits per heavy atom. The lowest BCUT2D eigenvalue weighted by molar-refractivity contribution is -0.138. The van der Waals surface area contributed by atoms with Crippen LogP contribution in [0.25, 0.3) is 0 Å². The molecular formula is C26H43FN8O2. The highest BCUT2D eigenvalue weighted by atomic mass is 19.1. The van der Waals surface area contributed by atoms with E-state index in [2.05, 4.69) is 44.4 Å². The molecule has 0 aliphatic carbocycles. The second-order valence-corrected chi connectivity index (χ2v) is 11.4. The van der Waals surface area contributed by atoms with Crippen LogP contribution in [0.2, 0.25) is 0 Å². The second-order valence-electron chi connectivity index (χ2n) is 11.4. The van der Waals surface area contributed by atoms with Crippen molar-refractivity contribution in [2.75, 3.05) is 70.5 Å². The minimum atomic E-state index is -1.05. The fourth-order valence-electron chi connectivity index (χ4n) is 6.82. The Morgan fingerprint density at radius 1 is 1.08 bits per heavy atom. The van der Waals surface area contributed by atoms with Crippen LogP contribution in [0.15, 0.2) is 0 Å². The van der Waals surface area contributed by atoms with E-state index in [1.807, 2.05) is 0 Å². The molecule has 206 valence electrons. The summed E-state index contributed by atoms with van der Waals surface area (Å²) in [6.07, 6.45) is 3.85. The van der Waals surface area contributed by atoms with Crippen LogP contribution in [-0.2, 0) is 11.3 Å². The second kappa shape index (κ2) is 11.1. The number of piperidine rings is 3. The summed E-state index contributed by atoms with van der Waals surface area (Å²) in [6.45, 7) is 8.77. The number of nitrogens with one attached hydrogen (secondary N) is 2. The van der Waals surface area contributed by atoms with Crippen LogP contribution in [0.3, 0.4) is 0 Å². The number of likely N-dealkylation sites (N-methyl/N-ethyl adjacent to an activating group) is 1. The molecule has 0 bridgehead atoms. The number of nitrogen functional groups attached to an aromatic ring is 1. The summed E-state index contributed by atoms with van der Waals surface area (Å²) in [5.74, 6) is 1.71. The molecule has 1 aromatic heterocycles. The van der Waals surface area contributed by atoms with E-state index in [4.69, 9.17) is 5.73 Å². The lowest BCUT2D eigenvalue weighted by atomic mass is 9.75. The van der Waals surface area contributed by atoms with Crippen molar-refractivity contribution in [3.8, 4) is 0 Å². The number of anilines is 2. The molecule has 0 aromatic carbocycles. The maximum absolute atomic E-state index is 13.8. The number of carbonyl (C=O) groups is 2.